The first-order valence-corrected chi connectivity index (χ1v) is 7.99. The third-order valence-corrected chi connectivity index (χ3v) is 4.34. The summed E-state index contributed by atoms with van der Waals surface area (Å²) >= 11 is 0. The molecule has 0 aromatic carbocycles. The molecule has 1 aliphatic rings. The second kappa shape index (κ2) is 6.01. The summed E-state index contributed by atoms with van der Waals surface area (Å²) in [4.78, 5) is 22.0. The van der Waals surface area contributed by atoms with Crippen LogP contribution in [-0.2, 0) is 7.05 Å². The molecule has 1 amide bonds. The van der Waals surface area contributed by atoms with Crippen molar-refractivity contribution in [3.05, 3.63) is 54.4 Å². The molecule has 0 bridgehead atoms. The average Bonchev–Trinajstić information content (AvgIpc) is 3.33. The largest absolute Gasteiger partial charge is 0.347 e. The highest BCUT2D eigenvalue weighted by Crippen LogP contribution is 2.41. The van der Waals surface area contributed by atoms with E-state index in [0.717, 1.165) is 4.90 Å². The fourth-order valence-electron chi connectivity index (χ4n) is 3.06. The first kappa shape index (κ1) is 16.4. The highest BCUT2D eigenvalue weighted by molar-refractivity contribution is 5.93. The van der Waals surface area contributed by atoms with Crippen molar-refractivity contribution in [1.82, 2.24) is 24.6 Å². The Morgan fingerprint density at radius 3 is 2.88 bits per heavy atom. The Bertz CT molecular complexity index is 938. The van der Waals surface area contributed by atoms with Crippen LogP contribution in [0.3, 0.4) is 0 Å². The molecule has 3 aromatic rings. The maximum absolute atomic E-state index is 14.1. The Kier molecular flexibility index (Phi) is 3.78. The van der Waals surface area contributed by atoms with Gasteiger partial charge in [-0.2, -0.15) is 4.98 Å². The summed E-state index contributed by atoms with van der Waals surface area (Å²) in [5.74, 6) is -3.28. The minimum atomic E-state index is -3.02. The quantitative estimate of drug-likeness (QED) is 0.719. The van der Waals surface area contributed by atoms with Crippen LogP contribution in [0, 0.1) is 0 Å². The number of aryl methyl sites for hydroxylation is 1. The van der Waals surface area contributed by atoms with Crippen molar-refractivity contribution in [2.75, 3.05) is 6.54 Å². The van der Waals surface area contributed by atoms with E-state index in [9.17, 15) is 13.6 Å². The van der Waals surface area contributed by atoms with Crippen molar-refractivity contribution in [3.8, 4) is 11.4 Å². The first-order chi connectivity index (χ1) is 12.4. The Morgan fingerprint density at radius 2 is 2.19 bits per heavy atom. The lowest BCUT2D eigenvalue weighted by Crippen LogP contribution is -2.34. The molecular weight excluding hydrogens is 344 g/mol. The number of carbonyl (C=O) groups excluding carboxylic acids is 1. The number of rotatable bonds is 3. The molecule has 0 saturated carbocycles. The Labute approximate surface area is 147 Å². The molecule has 1 atom stereocenters. The molecule has 1 saturated heterocycles. The molecule has 0 radical (unpaired) electrons. The summed E-state index contributed by atoms with van der Waals surface area (Å²) in [5, 5.41) is 3.84. The molecule has 0 N–H and O–H groups in total. The number of alkyl halides is 2. The van der Waals surface area contributed by atoms with Gasteiger partial charge in [0.2, 0.25) is 11.7 Å². The Hall–Kier alpha value is -3.10. The van der Waals surface area contributed by atoms with E-state index in [1.807, 2.05) is 0 Å². The molecule has 1 aliphatic heterocycles. The van der Waals surface area contributed by atoms with E-state index in [1.165, 1.54) is 0 Å². The molecule has 1 fully saturated rings. The summed E-state index contributed by atoms with van der Waals surface area (Å²) in [6.07, 6.45) is 4.27. The lowest BCUT2D eigenvalue weighted by molar-refractivity contribution is 0.0115. The van der Waals surface area contributed by atoms with Crippen LogP contribution >= 0.6 is 0 Å². The molecule has 0 aliphatic carbocycles. The molecule has 0 spiro atoms. The monoisotopic (exact) mass is 359 g/mol. The third-order valence-electron chi connectivity index (χ3n) is 4.34. The van der Waals surface area contributed by atoms with Gasteiger partial charge in [0, 0.05) is 37.6 Å². The van der Waals surface area contributed by atoms with Gasteiger partial charge in [-0.15, -0.1) is 0 Å². The Balaban J connectivity index is 1.67. The molecule has 26 heavy (non-hydrogen) atoms. The molecule has 4 heterocycles. The SMILES string of the molecule is Cn1cccc1C(=O)N1CC(F)(F)C[C@H]1c1nc(-c2cccnc2)no1. The van der Waals surface area contributed by atoms with E-state index < -0.39 is 30.8 Å². The standard InChI is InChI=1S/C17H15F2N5O2/c1-23-7-3-5-12(23)16(25)24-10-17(18,19)8-13(24)15-21-14(22-26-15)11-4-2-6-20-9-11/h2-7,9,13H,8,10H2,1H3/t13-/m0/s1. The van der Waals surface area contributed by atoms with Gasteiger partial charge < -0.3 is 14.0 Å². The molecule has 7 nitrogen and oxygen atoms in total. The van der Waals surface area contributed by atoms with Gasteiger partial charge >= 0.3 is 0 Å². The average molecular weight is 359 g/mol. The highest BCUT2D eigenvalue weighted by atomic mass is 19.3. The van der Waals surface area contributed by atoms with Crippen LogP contribution in [0.4, 0.5) is 8.78 Å². The number of carbonyl (C=O) groups is 1. The van der Waals surface area contributed by atoms with Gasteiger partial charge in [0.1, 0.15) is 11.7 Å². The molecule has 0 unspecified atom stereocenters. The van der Waals surface area contributed by atoms with E-state index in [2.05, 4.69) is 15.1 Å². The van der Waals surface area contributed by atoms with Crippen LogP contribution in [0.25, 0.3) is 11.4 Å². The fourth-order valence-corrected chi connectivity index (χ4v) is 3.06. The summed E-state index contributed by atoms with van der Waals surface area (Å²) < 4.78 is 34.9. The molecular formula is C17H15F2N5O2. The summed E-state index contributed by atoms with van der Waals surface area (Å²) in [6.45, 7) is -0.688. The van der Waals surface area contributed by atoms with Gasteiger partial charge in [-0.1, -0.05) is 5.16 Å². The van der Waals surface area contributed by atoms with Crippen LogP contribution in [0.5, 0.6) is 0 Å². The maximum Gasteiger partial charge on any atom is 0.271 e. The number of hydrogen-bond donors (Lipinski definition) is 0. The zero-order valence-electron chi connectivity index (χ0n) is 13.8. The van der Waals surface area contributed by atoms with Crippen LogP contribution in [0.15, 0.2) is 47.4 Å². The van der Waals surface area contributed by atoms with Crippen molar-refractivity contribution in [1.29, 1.82) is 0 Å². The second-order valence-corrected chi connectivity index (χ2v) is 6.21. The van der Waals surface area contributed by atoms with Crippen molar-refractivity contribution in [2.24, 2.45) is 7.05 Å². The highest BCUT2D eigenvalue weighted by Gasteiger charge is 2.50. The number of nitrogens with zero attached hydrogens (tertiary/aromatic N) is 5. The van der Waals surface area contributed by atoms with E-state index >= 15 is 0 Å². The van der Waals surface area contributed by atoms with E-state index in [4.69, 9.17) is 4.52 Å². The third kappa shape index (κ3) is 2.85. The lowest BCUT2D eigenvalue weighted by Gasteiger charge is -2.21. The fraction of sp³-hybridized carbons (Fsp3) is 0.294. The van der Waals surface area contributed by atoms with Crippen molar-refractivity contribution in [3.63, 3.8) is 0 Å². The molecule has 4 rings (SSSR count). The lowest BCUT2D eigenvalue weighted by atomic mass is 10.2. The normalized spacial score (nSPS) is 19.0. The smallest absolute Gasteiger partial charge is 0.271 e. The number of halogens is 2. The second-order valence-electron chi connectivity index (χ2n) is 6.21. The number of amides is 1. The minimum absolute atomic E-state index is 0.0106. The number of pyridine rings is 1. The molecule has 9 heteroatoms. The van der Waals surface area contributed by atoms with Crippen molar-refractivity contribution < 1.29 is 18.1 Å². The zero-order chi connectivity index (χ0) is 18.3. The van der Waals surface area contributed by atoms with Gasteiger partial charge in [-0.05, 0) is 24.3 Å². The number of hydrogen-bond acceptors (Lipinski definition) is 5. The van der Waals surface area contributed by atoms with E-state index in [-0.39, 0.29) is 11.7 Å². The summed E-state index contributed by atoms with van der Waals surface area (Å²) in [6, 6.07) is 5.73. The first-order valence-electron chi connectivity index (χ1n) is 7.99. The number of likely N-dealkylation sites (tertiary alicyclic amines) is 1. The summed E-state index contributed by atoms with van der Waals surface area (Å²) in [7, 11) is 1.68. The topological polar surface area (TPSA) is 77.1 Å². The predicted octanol–water partition coefficient (Wildman–Crippen LogP) is 2.69. The predicted molar refractivity (Wildman–Crippen MR) is 86.3 cm³/mol. The molecule has 3 aromatic heterocycles. The maximum atomic E-state index is 14.1. The van der Waals surface area contributed by atoms with Crippen molar-refractivity contribution >= 4 is 5.91 Å². The van der Waals surface area contributed by atoms with Gasteiger partial charge in [-0.3, -0.25) is 9.78 Å². The van der Waals surface area contributed by atoms with Crippen LogP contribution in [-0.4, -0.2) is 43.0 Å². The van der Waals surface area contributed by atoms with Crippen molar-refractivity contribution in [2.45, 2.75) is 18.4 Å². The number of aromatic nitrogens is 4. The van der Waals surface area contributed by atoms with E-state index in [1.54, 1.807) is 54.5 Å². The van der Waals surface area contributed by atoms with Crippen LogP contribution < -0.4 is 0 Å². The van der Waals surface area contributed by atoms with Gasteiger partial charge in [0.15, 0.2) is 0 Å². The van der Waals surface area contributed by atoms with Gasteiger partial charge in [0.05, 0.1) is 6.54 Å². The zero-order valence-corrected chi connectivity index (χ0v) is 13.8. The van der Waals surface area contributed by atoms with Crippen LogP contribution in [0.2, 0.25) is 0 Å². The minimum Gasteiger partial charge on any atom is -0.347 e. The van der Waals surface area contributed by atoms with Gasteiger partial charge in [0.25, 0.3) is 11.8 Å². The van der Waals surface area contributed by atoms with Crippen LogP contribution in [0.1, 0.15) is 28.8 Å². The Morgan fingerprint density at radius 1 is 1.35 bits per heavy atom. The molecule has 134 valence electrons. The van der Waals surface area contributed by atoms with Gasteiger partial charge in [-0.25, -0.2) is 8.78 Å². The summed E-state index contributed by atoms with van der Waals surface area (Å²) in [5.41, 5.74) is 0.923. The van der Waals surface area contributed by atoms with E-state index in [0.29, 0.717) is 11.3 Å².